The average Bonchev–Trinajstić information content (AvgIpc) is 3.15. The zero-order chi connectivity index (χ0) is 40.9. The average molecular weight is 841 g/mol. The van der Waals surface area contributed by atoms with E-state index in [1.165, 1.54) is 72.9 Å². The van der Waals surface area contributed by atoms with Crippen molar-refractivity contribution < 1.29 is 46.1 Å². The second kappa shape index (κ2) is 18.4. The van der Waals surface area contributed by atoms with Crippen LogP contribution in [-0.4, -0.2) is 95.5 Å². The van der Waals surface area contributed by atoms with Crippen molar-refractivity contribution in [2.45, 2.75) is 26.7 Å². The summed E-state index contributed by atoms with van der Waals surface area (Å²) < 4.78 is 63.5. The van der Waals surface area contributed by atoms with Crippen molar-refractivity contribution in [3.8, 4) is 0 Å². The molecule has 0 fully saturated rings. The molecule has 0 radical (unpaired) electrons. The maximum atomic E-state index is 12.2. The molecular weight excluding hydrogens is 813 g/mol. The summed E-state index contributed by atoms with van der Waals surface area (Å²) in [7, 11) is -8.81. The van der Waals surface area contributed by atoms with Gasteiger partial charge in [0.05, 0.1) is 9.85 Å². The van der Waals surface area contributed by atoms with Crippen LogP contribution in [0.4, 0.5) is 22.7 Å². The van der Waals surface area contributed by atoms with Gasteiger partial charge in [-0.05, 0) is 83.7 Å². The van der Waals surface area contributed by atoms with Gasteiger partial charge in [0, 0.05) is 53.2 Å². The van der Waals surface area contributed by atoms with Crippen LogP contribution in [0.25, 0.3) is 0 Å². The van der Waals surface area contributed by atoms with Crippen LogP contribution < -0.4 is 0 Å². The molecule has 0 heterocycles. The van der Waals surface area contributed by atoms with E-state index in [9.17, 15) is 47.3 Å². The zero-order valence-electron chi connectivity index (χ0n) is 29.8. The minimum atomic E-state index is -4.40. The minimum Gasteiger partial charge on any atom is -0.757 e. The summed E-state index contributed by atoms with van der Waals surface area (Å²) in [6.07, 6.45) is 13.7. The summed E-state index contributed by atoms with van der Waals surface area (Å²) in [6.45, 7) is 3.77. The van der Waals surface area contributed by atoms with Crippen molar-refractivity contribution in [3.05, 3.63) is 162 Å². The van der Waals surface area contributed by atoms with E-state index in [4.69, 9.17) is 9.11 Å². The number of hydrogen-bond acceptors (Lipinski definition) is 14. The molecule has 0 saturated carbocycles. The first-order valence-electron chi connectivity index (χ1n) is 16.2. The molecule has 57 heavy (non-hydrogen) atoms. The smallest absolute Gasteiger partial charge is 0.757 e. The fraction of sp³-hybridized carbons (Fsp3) is 0.111. The molecule has 4 aliphatic carbocycles. The van der Waals surface area contributed by atoms with Crippen LogP contribution in [0.2, 0.25) is 0 Å². The summed E-state index contributed by atoms with van der Waals surface area (Å²) in [5.74, 6) is -0.963. The predicted molar refractivity (Wildman–Crippen MR) is 210 cm³/mol. The van der Waals surface area contributed by atoms with E-state index in [1.54, 1.807) is 12.1 Å². The van der Waals surface area contributed by atoms with Gasteiger partial charge in [-0.3, -0.25) is 38.2 Å². The van der Waals surface area contributed by atoms with Crippen LogP contribution >= 0.6 is 0 Å². The Morgan fingerprint density at radius 1 is 0.596 bits per heavy atom. The fourth-order valence-corrected chi connectivity index (χ4v) is 6.36. The Labute approximate surface area is 354 Å². The number of benzene rings is 2. The SMILES string of the molecule is CCc1ccc([N+](=O)[O-])c(N=NC2=C3C=CC(=S(=O)([O-])O)C=C3C=CC2=O)c1.CCc1ccc([N+](=O)[O-])c(N=NC2=C3C=CC(=S(=O)([O-])O)C=C3C=CC2=O)c1.[Ca+2]. The molecule has 6 rings (SSSR count). The van der Waals surface area contributed by atoms with Crippen molar-refractivity contribution in [2.75, 3.05) is 0 Å². The van der Waals surface area contributed by atoms with Gasteiger partial charge in [-0.1, -0.05) is 50.3 Å². The molecule has 2 N–H and O–H groups in total. The molecule has 2 aromatic rings. The van der Waals surface area contributed by atoms with Gasteiger partial charge in [0.15, 0.2) is 11.4 Å². The Morgan fingerprint density at radius 3 is 1.28 bits per heavy atom. The van der Waals surface area contributed by atoms with Crippen molar-refractivity contribution >= 4 is 102 Å². The Morgan fingerprint density at radius 2 is 0.965 bits per heavy atom. The number of nitro benzene ring substituents is 2. The number of nitro groups is 2. The van der Waals surface area contributed by atoms with Gasteiger partial charge in [-0.2, -0.15) is 0 Å². The normalized spacial score (nSPS) is 18.0. The Bertz CT molecular complexity index is 2500. The number of azo groups is 2. The number of fused-ring (bicyclic) bond motifs is 2. The molecule has 4 aliphatic rings. The quantitative estimate of drug-likeness (QED) is 0.102. The molecule has 0 saturated heterocycles. The van der Waals surface area contributed by atoms with Gasteiger partial charge in [-0.25, -0.2) is 0 Å². The molecule has 18 nitrogen and oxygen atoms in total. The summed E-state index contributed by atoms with van der Waals surface area (Å²) in [6, 6.07) is 8.93. The first-order valence-corrected chi connectivity index (χ1v) is 19.1. The number of nitrogens with zero attached hydrogens (tertiary/aromatic N) is 6. The summed E-state index contributed by atoms with van der Waals surface area (Å²) in [5.41, 5.74) is 2.29. The molecular formula is C36H28CaN6O12S2. The Balaban J connectivity index is 0.000000248. The number of ketones is 2. The summed E-state index contributed by atoms with van der Waals surface area (Å²) >= 11 is 0. The van der Waals surface area contributed by atoms with E-state index < -0.39 is 41.6 Å². The molecule has 0 bridgehead atoms. The Kier molecular flexibility index (Phi) is 14.4. The molecule has 0 aromatic heterocycles. The largest absolute Gasteiger partial charge is 2.00 e. The standard InChI is InChI=1S/2C18H15N3O6S.Ca/c2*1-2-11-3-7-16(21(23)24)15(9-11)19-20-18-14-6-5-13(28(25,26)27)10-12(14)4-8-17(18)22;/h2*3-10H,2H2,1H3,(H2,25,26,27);/q;;+2/p-2. The molecule has 0 spiro atoms. The van der Waals surface area contributed by atoms with Crippen molar-refractivity contribution in [3.63, 3.8) is 0 Å². The number of carbonyl (C=O) groups is 2. The maximum absolute atomic E-state index is 12.2. The van der Waals surface area contributed by atoms with E-state index in [0.717, 1.165) is 23.3 Å². The third-order valence-corrected chi connectivity index (χ3v) is 9.95. The van der Waals surface area contributed by atoms with Gasteiger partial charge >= 0.3 is 37.7 Å². The third-order valence-electron chi connectivity index (χ3n) is 8.25. The molecule has 2 atom stereocenters. The van der Waals surface area contributed by atoms with Crippen molar-refractivity contribution in [1.82, 2.24) is 0 Å². The van der Waals surface area contributed by atoms with Crippen LogP contribution in [0.15, 0.2) is 151 Å². The second-order valence-corrected chi connectivity index (χ2v) is 14.7. The topological polar surface area (TPSA) is 291 Å². The maximum Gasteiger partial charge on any atom is 2.00 e. The van der Waals surface area contributed by atoms with Gasteiger partial charge in [0.1, 0.15) is 11.4 Å². The molecule has 0 aliphatic heterocycles. The number of aryl methyl sites for hydroxylation is 2. The number of hydrogen-bond donors (Lipinski definition) is 2. The van der Waals surface area contributed by atoms with E-state index >= 15 is 0 Å². The molecule has 2 aromatic carbocycles. The number of rotatable bonds is 8. The first-order chi connectivity index (χ1) is 26.4. The van der Waals surface area contributed by atoms with E-state index in [-0.39, 0.29) is 81.6 Å². The summed E-state index contributed by atoms with van der Waals surface area (Å²) in [4.78, 5) is 45.0. The number of carbonyl (C=O) groups excluding carboxylic acids is 2. The van der Waals surface area contributed by atoms with Crippen LogP contribution in [0.1, 0.15) is 25.0 Å². The second-order valence-electron chi connectivity index (χ2n) is 11.8. The fourth-order valence-electron chi connectivity index (χ4n) is 5.32. The molecule has 0 amide bonds. The van der Waals surface area contributed by atoms with Crippen LogP contribution in [0.5, 0.6) is 0 Å². The van der Waals surface area contributed by atoms with E-state index in [1.807, 2.05) is 13.8 Å². The van der Waals surface area contributed by atoms with Crippen LogP contribution in [0, 0.1) is 20.2 Å². The van der Waals surface area contributed by atoms with E-state index in [0.29, 0.717) is 35.1 Å². The summed E-state index contributed by atoms with van der Waals surface area (Å²) in [5, 5.41) is 38.0. The van der Waals surface area contributed by atoms with Gasteiger partial charge in [0.25, 0.3) is 11.4 Å². The Hall–Kier alpha value is -5.16. The predicted octanol–water partition coefficient (Wildman–Crippen LogP) is 6.00. The van der Waals surface area contributed by atoms with Crippen LogP contribution in [-0.2, 0) is 42.6 Å². The van der Waals surface area contributed by atoms with Crippen molar-refractivity contribution in [2.24, 2.45) is 20.5 Å². The zero-order valence-corrected chi connectivity index (χ0v) is 33.7. The van der Waals surface area contributed by atoms with Gasteiger partial charge in [-0.15, -0.1) is 20.5 Å². The monoisotopic (exact) mass is 840 g/mol. The van der Waals surface area contributed by atoms with Gasteiger partial charge < -0.3 is 18.2 Å². The number of allylic oxidation sites excluding steroid dienone is 14. The third kappa shape index (κ3) is 10.6. The molecule has 288 valence electrons. The first kappa shape index (κ1) is 44.6. The minimum absolute atomic E-state index is 0. The van der Waals surface area contributed by atoms with Gasteiger partial charge in [0.2, 0.25) is 11.6 Å². The van der Waals surface area contributed by atoms with E-state index in [2.05, 4.69) is 20.5 Å². The van der Waals surface area contributed by atoms with Crippen molar-refractivity contribution in [1.29, 1.82) is 0 Å². The van der Waals surface area contributed by atoms with Crippen LogP contribution in [0.3, 0.4) is 0 Å². The molecule has 21 heteroatoms. The molecule has 2 unspecified atom stereocenters.